The number of allylic oxidation sites excluding steroid dienone is 2. The second-order valence-electron chi connectivity index (χ2n) is 4.74. The van der Waals surface area contributed by atoms with Crippen molar-refractivity contribution in [1.82, 2.24) is 0 Å². The molecule has 0 fully saturated rings. The first-order valence-corrected chi connectivity index (χ1v) is 5.25. The number of aliphatic imine (C=N–C) groups is 1. The molecule has 1 heterocycles. The topological polar surface area (TPSA) is 21.6 Å². The van der Waals surface area contributed by atoms with E-state index in [9.17, 15) is 0 Å². The molecule has 0 aliphatic carbocycles. The van der Waals surface area contributed by atoms with Crippen LogP contribution in [0.2, 0.25) is 0 Å². The van der Waals surface area contributed by atoms with Crippen molar-refractivity contribution in [1.29, 1.82) is 0 Å². The van der Waals surface area contributed by atoms with Gasteiger partial charge in [0, 0.05) is 18.7 Å². The van der Waals surface area contributed by atoms with E-state index >= 15 is 0 Å². The zero-order valence-electron chi connectivity index (χ0n) is 9.71. The van der Waals surface area contributed by atoms with Gasteiger partial charge in [-0.3, -0.25) is 4.99 Å². The summed E-state index contributed by atoms with van der Waals surface area (Å²) in [6, 6.07) is 0.385. The Balaban J connectivity index is 2.66. The lowest BCUT2D eigenvalue weighted by Crippen LogP contribution is -2.32. The minimum Gasteiger partial charge on any atom is -0.384 e. The van der Waals surface area contributed by atoms with Crippen LogP contribution in [0.4, 0.5) is 0 Å². The Morgan fingerprint density at radius 3 is 2.93 bits per heavy atom. The van der Waals surface area contributed by atoms with Gasteiger partial charge in [0.1, 0.15) is 0 Å². The first-order valence-electron chi connectivity index (χ1n) is 5.25. The summed E-state index contributed by atoms with van der Waals surface area (Å²) in [4.78, 5) is 4.62. The molecule has 0 saturated heterocycles. The minimum absolute atomic E-state index is 0.143. The van der Waals surface area contributed by atoms with Crippen molar-refractivity contribution in [2.45, 2.75) is 39.7 Å². The number of hydrogen-bond donors (Lipinski definition) is 0. The molecular weight excluding hydrogens is 174 g/mol. The fraction of sp³-hybridized carbons (Fsp3) is 0.750. The Morgan fingerprint density at radius 1 is 1.57 bits per heavy atom. The minimum atomic E-state index is 0.143. The zero-order valence-corrected chi connectivity index (χ0v) is 9.71. The Bertz CT molecular complexity index is 241. The molecule has 0 radical (unpaired) electrons. The van der Waals surface area contributed by atoms with Crippen LogP contribution in [-0.2, 0) is 4.74 Å². The van der Waals surface area contributed by atoms with E-state index in [1.165, 1.54) is 5.57 Å². The molecule has 1 unspecified atom stereocenters. The summed E-state index contributed by atoms with van der Waals surface area (Å²) in [6.07, 6.45) is 6.51. The lowest BCUT2D eigenvalue weighted by Gasteiger charge is -2.30. The third kappa shape index (κ3) is 2.95. The smallest absolute Gasteiger partial charge is 0.0575 e. The quantitative estimate of drug-likeness (QED) is 0.678. The summed E-state index contributed by atoms with van der Waals surface area (Å²) in [6.45, 7) is 7.32. The third-order valence-corrected chi connectivity index (χ3v) is 2.78. The SMILES string of the molecule is COCC(C)(C)C1CCC=C(C)C=N1. The van der Waals surface area contributed by atoms with Crippen molar-refractivity contribution in [3.63, 3.8) is 0 Å². The molecule has 80 valence electrons. The van der Waals surface area contributed by atoms with Crippen LogP contribution in [0, 0.1) is 5.41 Å². The summed E-state index contributed by atoms with van der Waals surface area (Å²) in [5.74, 6) is 0. The highest BCUT2D eigenvalue weighted by Gasteiger charge is 2.28. The molecule has 14 heavy (non-hydrogen) atoms. The highest BCUT2D eigenvalue weighted by atomic mass is 16.5. The maximum Gasteiger partial charge on any atom is 0.0575 e. The molecule has 1 aliphatic heterocycles. The lowest BCUT2D eigenvalue weighted by molar-refractivity contribution is 0.0844. The van der Waals surface area contributed by atoms with Crippen LogP contribution in [0.15, 0.2) is 16.6 Å². The predicted octanol–water partition coefficient (Wildman–Crippen LogP) is 2.84. The van der Waals surface area contributed by atoms with Gasteiger partial charge < -0.3 is 4.74 Å². The van der Waals surface area contributed by atoms with E-state index in [-0.39, 0.29) is 5.41 Å². The normalized spacial score (nSPS) is 23.1. The van der Waals surface area contributed by atoms with Crippen molar-refractivity contribution >= 4 is 6.21 Å². The Hall–Kier alpha value is -0.630. The van der Waals surface area contributed by atoms with Crippen LogP contribution < -0.4 is 0 Å². The molecule has 0 spiro atoms. The van der Waals surface area contributed by atoms with Crippen LogP contribution in [0.25, 0.3) is 0 Å². The summed E-state index contributed by atoms with van der Waals surface area (Å²) in [7, 11) is 1.76. The second kappa shape index (κ2) is 4.74. The van der Waals surface area contributed by atoms with Gasteiger partial charge in [0.05, 0.1) is 12.6 Å². The molecule has 0 aromatic heterocycles. The molecule has 0 saturated carbocycles. The standard InChI is InChI=1S/C12H21NO/c1-10-6-5-7-11(13-8-10)12(2,3)9-14-4/h6,8,11H,5,7,9H2,1-4H3. The van der Waals surface area contributed by atoms with E-state index in [1.54, 1.807) is 7.11 Å². The van der Waals surface area contributed by atoms with Gasteiger partial charge in [0.2, 0.25) is 0 Å². The van der Waals surface area contributed by atoms with Crippen LogP contribution in [-0.4, -0.2) is 26.0 Å². The monoisotopic (exact) mass is 195 g/mol. The molecule has 1 atom stereocenters. The molecule has 0 aromatic rings. The van der Waals surface area contributed by atoms with Crippen molar-refractivity contribution in [3.05, 3.63) is 11.6 Å². The van der Waals surface area contributed by atoms with Gasteiger partial charge in [-0.25, -0.2) is 0 Å². The van der Waals surface area contributed by atoms with Crippen molar-refractivity contribution < 1.29 is 4.74 Å². The fourth-order valence-electron chi connectivity index (χ4n) is 1.86. The van der Waals surface area contributed by atoms with Crippen molar-refractivity contribution in [2.24, 2.45) is 10.4 Å². The van der Waals surface area contributed by atoms with E-state index in [4.69, 9.17) is 4.74 Å². The van der Waals surface area contributed by atoms with Crippen LogP contribution in [0.5, 0.6) is 0 Å². The zero-order chi connectivity index (χ0) is 10.6. The molecule has 2 heteroatoms. The van der Waals surface area contributed by atoms with E-state index in [0.29, 0.717) is 6.04 Å². The molecule has 2 nitrogen and oxygen atoms in total. The molecule has 1 aliphatic rings. The van der Waals surface area contributed by atoms with Gasteiger partial charge in [-0.2, -0.15) is 0 Å². The Labute approximate surface area is 87.1 Å². The van der Waals surface area contributed by atoms with Crippen LogP contribution in [0.1, 0.15) is 33.6 Å². The highest BCUT2D eigenvalue weighted by Crippen LogP contribution is 2.28. The number of hydrogen-bond acceptors (Lipinski definition) is 2. The van der Waals surface area contributed by atoms with E-state index < -0.39 is 0 Å². The van der Waals surface area contributed by atoms with Gasteiger partial charge in [0.25, 0.3) is 0 Å². The summed E-state index contributed by atoms with van der Waals surface area (Å²) in [5.41, 5.74) is 1.42. The van der Waals surface area contributed by atoms with Crippen molar-refractivity contribution in [3.8, 4) is 0 Å². The number of nitrogens with zero attached hydrogens (tertiary/aromatic N) is 1. The first kappa shape index (κ1) is 11.4. The van der Waals surface area contributed by atoms with Gasteiger partial charge in [-0.15, -0.1) is 0 Å². The summed E-state index contributed by atoms with van der Waals surface area (Å²) >= 11 is 0. The molecule has 0 amide bonds. The largest absolute Gasteiger partial charge is 0.384 e. The van der Waals surface area contributed by atoms with Gasteiger partial charge in [0.15, 0.2) is 0 Å². The molecular formula is C12H21NO. The molecule has 0 aromatic carbocycles. The average molecular weight is 195 g/mol. The second-order valence-corrected chi connectivity index (χ2v) is 4.74. The Kier molecular flexibility index (Phi) is 3.87. The average Bonchev–Trinajstić information content (AvgIpc) is 2.30. The summed E-state index contributed by atoms with van der Waals surface area (Å²) in [5, 5.41) is 0. The van der Waals surface area contributed by atoms with Gasteiger partial charge in [-0.05, 0) is 25.3 Å². The van der Waals surface area contributed by atoms with Crippen LogP contribution >= 0.6 is 0 Å². The first-order chi connectivity index (χ1) is 6.56. The predicted molar refractivity (Wildman–Crippen MR) is 60.9 cm³/mol. The number of ether oxygens (including phenoxy) is 1. The number of methoxy groups -OCH3 is 1. The lowest BCUT2D eigenvalue weighted by atomic mass is 9.83. The number of rotatable bonds is 3. The van der Waals surface area contributed by atoms with Crippen molar-refractivity contribution in [2.75, 3.05) is 13.7 Å². The fourth-order valence-corrected chi connectivity index (χ4v) is 1.86. The maximum atomic E-state index is 5.24. The summed E-state index contributed by atoms with van der Waals surface area (Å²) < 4.78 is 5.24. The molecule has 0 N–H and O–H groups in total. The van der Waals surface area contributed by atoms with E-state index in [2.05, 4.69) is 31.8 Å². The van der Waals surface area contributed by atoms with Gasteiger partial charge in [-0.1, -0.05) is 19.9 Å². The maximum absolute atomic E-state index is 5.24. The molecule has 0 bridgehead atoms. The Morgan fingerprint density at radius 2 is 2.29 bits per heavy atom. The van der Waals surface area contributed by atoms with Crippen LogP contribution in [0.3, 0.4) is 0 Å². The van der Waals surface area contributed by atoms with E-state index in [1.807, 2.05) is 6.21 Å². The molecule has 1 rings (SSSR count). The van der Waals surface area contributed by atoms with E-state index in [0.717, 1.165) is 19.4 Å². The highest BCUT2D eigenvalue weighted by molar-refractivity contribution is 5.78. The third-order valence-electron chi connectivity index (χ3n) is 2.78. The van der Waals surface area contributed by atoms with Gasteiger partial charge >= 0.3 is 0 Å².